The average molecular weight is 290 g/mol. The first-order chi connectivity index (χ1) is 10.3. The summed E-state index contributed by atoms with van der Waals surface area (Å²) in [7, 11) is 0. The number of fused-ring (bicyclic) bond motifs is 1. The van der Waals surface area contributed by atoms with Gasteiger partial charge in [-0.15, -0.1) is 0 Å². The number of nitrogens with zero attached hydrogens (tertiary/aromatic N) is 4. The van der Waals surface area contributed by atoms with Gasteiger partial charge in [-0.3, -0.25) is 4.79 Å². The number of rotatable bonds is 5. The molecule has 21 heavy (non-hydrogen) atoms. The van der Waals surface area contributed by atoms with Crippen molar-refractivity contribution >= 4 is 12.4 Å². The standard InChI is InChI=1S/C15H22N4O2/c1-2-10-21-14-12-4-3-5-13(12)16-15(17-14)19-8-6-18(11-20)7-9-19/h11H,2-10H2,1H3. The third-order valence-electron chi connectivity index (χ3n) is 4.07. The molecular weight excluding hydrogens is 268 g/mol. The molecule has 1 aliphatic carbocycles. The van der Waals surface area contributed by atoms with E-state index in [1.165, 1.54) is 5.56 Å². The Hall–Kier alpha value is -1.85. The van der Waals surface area contributed by atoms with Gasteiger partial charge in [-0.2, -0.15) is 4.98 Å². The van der Waals surface area contributed by atoms with E-state index in [1.54, 1.807) is 4.90 Å². The van der Waals surface area contributed by atoms with Crippen molar-refractivity contribution < 1.29 is 9.53 Å². The molecule has 1 aromatic heterocycles. The zero-order valence-electron chi connectivity index (χ0n) is 12.5. The highest BCUT2D eigenvalue weighted by molar-refractivity contribution is 5.49. The molecule has 0 unspecified atom stereocenters. The summed E-state index contributed by atoms with van der Waals surface area (Å²) in [5.74, 6) is 1.53. The minimum Gasteiger partial charge on any atom is -0.477 e. The van der Waals surface area contributed by atoms with Crippen molar-refractivity contribution in [1.29, 1.82) is 0 Å². The summed E-state index contributed by atoms with van der Waals surface area (Å²) in [6, 6.07) is 0. The van der Waals surface area contributed by atoms with Gasteiger partial charge in [0, 0.05) is 31.7 Å². The predicted octanol–water partition coefficient (Wildman–Crippen LogP) is 1.03. The highest BCUT2D eigenvalue weighted by atomic mass is 16.5. The summed E-state index contributed by atoms with van der Waals surface area (Å²) >= 11 is 0. The predicted molar refractivity (Wildman–Crippen MR) is 79.7 cm³/mol. The number of hydrogen-bond donors (Lipinski definition) is 0. The van der Waals surface area contributed by atoms with Gasteiger partial charge in [0.1, 0.15) is 0 Å². The number of anilines is 1. The van der Waals surface area contributed by atoms with Gasteiger partial charge < -0.3 is 14.5 Å². The Kier molecular flexibility index (Phi) is 4.22. The fraction of sp³-hybridized carbons (Fsp3) is 0.667. The maximum Gasteiger partial charge on any atom is 0.229 e. The molecule has 3 rings (SSSR count). The lowest BCUT2D eigenvalue weighted by atomic mass is 10.2. The number of carbonyl (C=O) groups is 1. The number of ether oxygens (including phenoxy) is 1. The molecule has 114 valence electrons. The van der Waals surface area contributed by atoms with Crippen LogP contribution in [0.15, 0.2) is 0 Å². The minimum atomic E-state index is 0.696. The lowest BCUT2D eigenvalue weighted by Gasteiger charge is -2.32. The largest absolute Gasteiger partial charge is 0.477 e. The molecule has 2 aliphatic rings. The zero-order valence-corrected chi connectivity index (χ0v) is 12.5. The second-order valence-electron chi connectivity index (χ2n) is 5.58. The van der Waals surface area contributed by atoms with E-state index in [-0.39, 0.29) is 0 Å². The smallest absolute Gasteiger partial charge is 0.229 e. The molecular formula is C15H22N4O2. The summed E-state index contributed by atoms with van der Waals surface area (Å²) < 4.78 is 5.83. The van der Waals surface area contributed by atoms with E-state index >= 15 is 0 Å². The van der Waals surface area contributed by atoms with Crippen LogP contribution in [0.5, 0.6) is 5.88 Å². The van der Waals surface area contributed by atoms with Crippen LogP contribution in [0.4, 0.5) is 5.95 Å². The maximum absolute atomic E-state index is 10.8. The van der Waals surface area contributed by atoms with Crippen LogP contribution in [0, 0.1) is 0 Å². The third-order valence-corrected chi connectivity index (χ3v) is 4.07. The van der Waals surface area contributed by atoms with Crippen LogP contribution in [0.3, 0.4) is 0 Å². The number of carbonyl (C=O) groups excluding carboxylic acids is 1. The lowest BCUT2D eigenvalue weighted by molar-refractivity contribution is -0.118. The highest BCUT2D eigenvalue weighted by Gasteiger charge is 2.24. The Morgan fingerprint density at radius 2 is 2.00 bits per heavy atom. The van der Waals surface area contributed by atoms with Crippen molar-refractivity contribution in [2.24, 2.45) is 0 Å². The Bertz CT molecular complexity index is 513. The monoisotopic (exact) mass is 290 g/mol. The SMILES string of the molecule is CCCOc1nc(N2CCN(C=O)CC2)nc2c1CCC2. The minimum absolute atomic E-state index is 0.696. The normalized spacial score (nSPS) is 17.8. The lowest BCUT2D eigenvalue weighted by Crippen LogP contribution is -2.46. The molecule has 0 N–H and O–H groups in total. The van der Waals surface area contributed by atoms with E-state index in [0.29, 0.717) is 6.61 Å². The Balaban J connectivity index is 1.81. The van der Waals surface area contributed by atoms with Crippen LogP contribution >= 0.6 is 0 Å². The highest BCUT2D eigenvalue weighted by Crippen LogP contribution is 2.30. The summed E-state index contributed by atoms with van der Waals surface area (Å²) in [6.07, 6.45) is 5.06. The number of hydrogen-bond acceptors (Lipinski definition) is 5. The van der Waals surface area contributed by atoms with E-state index in [0.717, 1.165) is 75.8 Å². The summed E-state index contributed by atoms with van der Waals surface area (Å²) in [4.78, 5) is 24.1. The van der Waals surface area contributed by atoms with Crippen LogP contribution in [0.1, 0.15) is 31.0 Å². The molecule has 0 atom stereocenters. The fourth-order valence-corrected chi connectivity index (χ4v) is 2.87. The van der Waals surface area contributed by atoms with Gasteiger partial charge in [-0.1, -0.05) is 6.92 Å². The fourth-order valence-electron chi connectivity index (χ4n) is 2.87. The number of aryl methyl sites for hydroxylation is 1. The van der Waals surface area contributed by atoms with Gasteiger partial charge in [0.15, 0.2) is 0 Å². The molecule has 2 heterocycles. The van der Waals surface area contributed by atoms with Crippen LogP contribution < -0.4 is 9.64 Å². The van der Waals surface area contributed by atoms with Crippen molar-refractivity contribution in [3.8, 4) is 5.88 Å². The van der Waals surface area contributed by atoms with E-state index in [1.807, 2.05) is 0 Å². The van der Waals surface area contributed by atoms with Gasteiger partial charge in [-0.25, -0.2) is 4.98 Å². The van der Waals surface area contributed by atoms with E-state index in [9.17, 15) is 4.79 Å². The molecule has 6 heteroatoms. The molecule has 1 fully saturated rings. The molecule has 6 nitrogen and oxygen atoms in total. The summed E-state index contributed by atoms with van der Waals surface area (Å²) in [6.45, 7) is 5.82. The zero-order chi connectivity index (χ0) is 14.7. The maximum atomic E-state index is 10.8. The van der Waals surface area contributed by atoms with Crippen LogP contribution in [0.2, 0.25) is 0 Å². The van der Waals surface area contributed by atoms with Crippen LogP contribution in [-0.4, -0.2) is 54.1 Å². The van der Waals surface area contributed by atoms with Crippen molar-refractivity contribution in [2.75, 3.05) is 37.7 Å². The molecule has 0 saturated carbocycles. The van der Waals surface area contributed by atoms with Crippen molar-refractivity contribution in [3.05, 3.63) is 11.3 Å². The van der Waals surface area contributed by atoms with E-state index < -0.39 is 0 Å². The Morgan fingerprint density at radius 1 is 1.19 bits per heavy atom. The van der Waals surface area contributed by atoms with Crippen molar-refractivity contribution in [2.45, 2.75) is 32.6 Å². The molecule has 1 aliphatic heterocycles. The van der Waals surface area contributed by atoms with Gasteiger partial charge in [-0.05, 0) is 25.7 Å². The van der Waals surface area contributed by atoms with Gasteiger partial charge in [0.05, 0.1) is 12.3 Å². The Morgan fingerprint density at radius 3 is 2.71 bits per heavy atom. The van der Waals surface area contributed by atoms with Crippen LogP contribution in [-0.2, 0) is 17.6 Å². The first-order valence-electron chi connectivity index (χ1n) is 7.78. The molecule has 0 spiro atoms. The molecule has 1 saturated heterocycles. The molecule has 1 amide bonds. The summed E-state index contributed by atoms with van der Waals surface area (Å²) in [5, 5.41) is 0. The molecule has 0 bridgehead atoms. The second-order valence-corrected chi connectivity index (χ2v) is 5.58. The molecule has 0 aromatic carbocycles. The van der Waals surface area contributed by atoms with Gasteiger partial charge in [0.2, 0.25) is 18.2 Å². The average Bonchev–Trinajstić information content (AvgIpc) is 3.01. The van der Waals surface area contributed by atoms with Gasteiger partial charge >= 0.3 is 0 Å². The number of amides is 1. The molecule has 1 aromatic rings. The van der Waals surface area contributed by atoms with E-state index in [4.69, 9.17) is 9.72 Å². The third kappa shape index (κ3) is 2.94. The Labute approximate surface area is 125 Å². The number of aromatic nitrogens is 2. The van der Waals surface area contributed by atoms with Crippen molar-refractivity contribution in [1.82, 2.24) is 14.9 Å². The quantitative estimate of drug-likeness (QED) is 0.758. The molecule has 0 radical (unpaired) electrons. The second kappa shape index (κ2) is 6.28. The summed E-state index contributed by atoms with van der Waals surface area (Å²) in [5.41, 5.74) is 2.34. The topological polar surface area (TPSA) is 58.6 Å². The first kappa shape index (κ1) is 14.1. The number of piperazine rings is 1. The van der Waals surface area contributed by atoms with E-state index in [2.05, 4.69) is 16.8 Å². The van der Waals surface area contributed by atoms with Crippen molar-refractivity contribution in [3.63, 3.8) is 0 Å². The van der Waals surface area contributed by atoms with Gasteiger partial charge in [0.25, 0.3) is 0 Å². The van der Waals surface area contributed by atoms with Crippen LogP contribution in [0.25, 0.3) is 0 Å². The first-order valence-corrected chi connectivity index (χ1v) is 7.78.